The van der Waals surface area contributed by atoms with Gasteiger partial charge in [-0.3, -0.25) is 19.2 Å². The number of anilines is 1. The quantitative estimate of drug-likeness (QED) is 0.0647. The maximum absolute atomic E-state index is 12.6. The number of non-ortho nitro benzene ring substituents is 1. The molecule has 0 radical (unpaired) electrons. The summed E-state index contributed by atoms with van der Waals surface area (Å²) >= 11 is 6.68. The fourth-order valence-electron chi connectivity index (χ4n) is 5.98. The van der Waals surface area contributed by atoms with Gasteiger partial charge in [0.2, 0.25) is 0 Å². The average molecular weight is 749 g/mol. The van der Waals surface area contributed by atoms with Gasteiger partial charge in [0.15, 0.2) is 17.6 Å². The van der Waals surface area contributed by atoms with E-state index >= 15 is 0 Å². The SMILES string of the molecule is CCN(c1ccc(C(=C2C=CC(=[N+](CC)Cc3cccc(S(=O)(=O)O)c3)C=C2)c2cc([N+](=O)[O-])ccc2Cl)cc1)C(c1ccccc1)S(=O)(=O)O. The fraction of sp³-hybridized carbons (Fsp3) is 0.162. The summed E-state index contributed by atoms with van der Waals surface area (Å²) in [6.07, 6.45) is 7.46. The van der Waals surface area contributed by atoms with E-state index in [2.05, 4.69) is 0 Å². The molecule has 0 saturated heterocycles. The van der Waals surface area contributed by atoms with E-state index in [1.54, 1.807) is 78.6 Å². The zero-order valence-electron chi connectivity index (χ0n) is 27.6. The summed E-state index contributed by atoms with van der Waals surface area (Å²) in [5, 5.41) is 10.7. The second-order valence-electron chi connectivity index (χ2n) is 11.6. The highest BCUT2D eigenvalue weighted by atomic mass is 35.5. The molecule has 0 aromatic heterocycles. The minimum atomic E-state index is -4.55. The number of benzene rings is 4. The topological polar surface area (TPSA) is 158 Å². The summed E-state index contributed by atoms with van der Waals surface area (Å²) < 4.78 is 70.4. The number of nitro benzene ring substituents is 1. The summed E-state index contributed by atoms with van der Waals surface area (Å²) in [7, 11) is -8.91. The van der Waals surface area contributed by atoms with Gasteiger partial charge in [0.25, 0.3) is 25.9 Å². The first kappa shape index (κ1) is 37.3. The van der Waals surface area contributed by atoms with Crippen molar-refractivity contribution in [2.24, 2.45) is 0 Å². The average Bonchev–Trinajstić information content (AvgIpc) is 3.10. The van der Waals surface area contributed by atoms with E-state index in [0.717, 1.165) is 5.71 Å². The van der Waals surface area contributed by atoms with Crippen molar-refractivity contribution in [1.82, 2.24) is 0 Å². The first-order valence-electron chi connectivity index (χ1n) is 15.8. The van der Waals surface area contributed by atoms with Crippen LogP contribution in [-0.4, -0.2) is 54.2 Å². The van der Waals surface area contributed by atoms with E-state index in [1.165, 1.54) is 30.3 Å². The van der Waals surface area contributed by atoms with Gasteiger partial charge in [0, 0.05) is 52.7 Å². The minimum absolute atomic E-state index is 0.152. The maximum Gasteiger partial charge on any atom is 0.294 e. The molecule has 1 aliphatic rings. The van der Waals surface area contributed by atoms with Crippen molar-refractivity contribution < 1.29 is 35.4 Å². The highest BCUT2D eigenvalue weighted by Crippen LogP contribution is 2.38. The summed E-state index contributed by atoms with van der Waals surface area (Å²) in [5.41, 5.74) is 4.58. The predicted octanol–water partition coefficient (Wildman–Crippen LogP) is 7.51. The van der Waals surface area contributed by atoms with Crippen LogP contribution in [0.1, 0.15) is 41.5 Å². The van der Waals surface area contributed by atoms with Gasteiger partial charge in [-0.15, -0.1) is 0 Å². The first-order chi connectivity index (χ1) is 24.2. The third-order valence-corrected chi connectivity index (χ3v) is 10.7. The molecule has 4 aromatic carbocycles. The smallest absolute Gasteiger partial charge is 0.294 e. The molecule has 14 heteroatoms. The molecular weight excluding hydrogens is 714 g/mol. The Kier molecular flexibility index (Phi) is 11.4. The molecule has 51 heavy (non-hydrogen) atoms. The second-order valence-corrected chi connectivity index (χ2v) is 14.9. The van der Waals surface area contributed by atoms with Crippen molar-refractivity contribution in [3.63, 3.8) is 0 Å². The van der Waals surface area contributed by atoms with E-state index in [-0.39, 0.29) is 22.2 Å². The molecule has 0 saturated carbocycles. The summed E-state index contributed by atoms with van der Waals surface area (Å²) in [5.74, 6) is 0. The lowest BCUT2D eigenvalue weighted by atomic mass is 9.90. The molecule has 1 unspecified atom stereocenters. The Morgan fingerprint density at radius 1 is 0.843 bits per heavy atom. The van der Waals surface area contributed by atoms with Gasteiger partial charge in [-0.25, -0.2) is 4.58 Å². The summed E-state index contributed by atoms with van der Waals surface area (Å²) in [4.78, 5) is 12.6. The lowest BCUT2D eigenvalue weighted by Crippen LogP contribution is -2.34. The monoisotopic (exact) mass is 748 g/mol. The minimum Gasteiger partial charge on any atom is -0.350 e. The van der Waals surface area contributed by atoms with Crippen LogP contribution in [0.15, 0.2) is 132 Å². The van der Waals surface area contributed by atoms with Crippen LogP contribution in [0.5, 0.6) is 0 Å². The first-order valence-corrected chi connectivity index (χ1v) is 19.1. The van der Waals surface area contributed by atoms with Crippen LogP contribution >= 0.6 is 11.6 Å². The van der Waals surface area contributed by atoms with E-state index < -0.39 is 30.5 Å². The van der Waals surface area contributed by atoms with Gasteiger partial charge >= 0.3 is 0 Å². The zero-order valence-corrected chi connectivity index (χ0v) is 30.0. The molecule has 5 rings (SSSR count). The molecule has 2 N–H and O–H groups in total. The van der Waals surface area contributed by atoms with E-state index in [0.29, 0.717) is 52.2 Å². The molecule has 1 aliphatic carbocycles. The number of nitro groups is 1. The van der Waals surface area contributed by atoms with Crippen LogP contribution in [0.3, 0.4) is 0 Å². The van der Waals surface area contributed by atoms with Crippen LogP contribution in [0.2, 0.25) is 5.02 Å². The lowest BCUT2D eigenvalue weighted by molar-refractivity contribution is -0.539. The molecule has 0 bridgehead atoms. The van der Waals surface area contributed by atoms with Crippen molar-refractivity contribution in [2.75, 3.05) is 18.0 Å². The normalized spacial score (nSPS) is 13.6. The molecule has 4 aromatic rings. The highest BCUT2D eigenvalue weighted by molar-refractivity contribution is 7.86. The van der Waals surface area contributed by atoms with Gasteiger partial charge in [0.1, 0.15) is 6.54 Å². The van der Waals surface area contributed by atoms with Crippen molar-refractivity contribution in [2.45, 2.75) is 30.7 Å². The molecule has 0 heterocycles. The van der Waals surface area contributed by atoms with Crippen LogP contribution in [-0.2, 0) is 26.8 Å². The standard InChI is InChI=1S/C37H34ClN3O8S2/c1-3-39(25-26-9-8-12-33(23-26)50(44,45)46)30-17-13-27(14-18-30)36(34-24-32(41(42)43)21-22-35(34)38)28-15-19-31(20-16-28)40(4-2)37(51(47,48)49)29-10-6-5-7-11-29/h5-24,37H,3-4,25H2,1-2H3,(H-,44,45,46,47,48,49)/p+1. The van der Waals surface area contributed by atoms with Crippen molar-refractivity contribution in [3.05, 3.63) is 164 Å². The van der Waals surface area contributed by atoms with E-state index in [1.807, 2.05) is 35.8 Å². The number of hydrogen-bond acceptors (Lipinski definition) is 7. The molecule has 264 valence electrons. The lowest BCUT2D eigenvalue weighted by Gasteiger charge is -2.31. The van der Waals surface area contributed by atoms with Gasteiger partial charge in [-0.05, 0) is 78.6 Å². The van der Waals surface area contributed by atoms with Gasteiger partial charge in [-0.1, -0.05) is 66.2 Å². The van der Waals surface area contributed by atoms with E-state index in [4.69, 9.17) is 11.6 Å². The summed E-state index contributed by atoms with van der Waals surface area (Å²) in [6.45, 7) is 4.91. The zero-order chi connectivity index (χ0) is 36.9. The van der Waals surface area contributed by atoms with Gasteiger partial charge in [-0.2, -0.15) is 16.8 Å². The molecule has 0 fully saturated rings. The second kappa shape index (κ2) is 15.5. The Morgan fingerprint density at radius 2 is 1.51 bits per heavy atom. The fourth-order valence-corrected chi connectivity index (χ4v) is 7.84. The Balaban J connectivity index is 1.59. The number of nitrogens with zero attached hydrogens (tertiary/aromatic N) is 3. The van der Waals surface area contributed by atoms with Gasteiger partial charge in [0.05, 0.1) is 9.82 Å². The summed E-state index contributed by atoms with van der Waals surface area (Å²) in [6, 6.07) is 25.6. The largest absolute Gasteiger partial charge is 0.350 e. The Labute approximate surface area is 301 Å². The Morgan fingerprint density at radius 3 is 2.08 bits per heavy atom. The number of halogens is 1. The van der Waals surface area contributed by atoms with Crippen LogP contribution in [0, 0.1) is 10.1 Å². The van der Waals surface area contributed by atoms with Crippen LogP contribution < -0.4 is 4.90 Å². The predicted molar refractivity (Wildman–Crippen MR) is 198 cm³/mol. The number of hydrogen-bond donors (Lipinski definition) is 2. The molecule has 1 atom stereocenters. The number of rotatable bonds is 12. The third kappa shape index (κ3) is 8.70. The van der Waals surface area contributed by atoms with Crippen LogP contribution in [0.4, 0.5) is 11.4 Å². The van der Waals surface area contributed by atoms with Crippen molar-refractivity contribution >= 4 is 54.5 Å². The third-order valence-electron chi connectivity index (χ3n) is 8.38. The molecule has 0 amide bonds. The maximum atomic E-state index is 12.6. The Bertz CT molecular complexity index is 2290. The van der Waals surface area contributed by atoms with Crippen molar-refractivity contribution in [1.29, 1.82) is 0 Å². The Hall–Kier alpha value is -4.92. The van der Waals surface area contributed by atoms with E-state index in [9.17, 15) is 36.1 Å². The molecule has 0 aliphatic heterocycles. The highest BCUT2D eigenvalue weighted by Gasteiger charge is 2.31. The van der Waals surface area contributed by atoms with Crippen LogP contribution in [0.25, 0.3) is 5.57 Å². The molecule has 0 spiro atoms. The molecule has 11 nitrogen and oxygen atoms in total. The van der Waals surface area contributed by atoms with Crippen molar-refractivity contribution in [3.8, 4) is 0 Å². The number of allylic oxidation sites excluding steroid dienone is 5. The van der Waals surface area contributed by atoms with Gasteiger partial charge < -0.3 is 4.90 Å². The molecular formula is C37H35ClN3O8S2+.